The minimum Gasteiger partial charge on any atom is -0.490 e. The first-order chi connectivity index (χ1) is 13.4. The van der Waals surface area contributed by atoms with Crippen LogP contribution in [0.4, 0.5) is 0 Å². The largest absolute Gasteiger partial charge is 0.490 e. The number of aliphatic imine (C=N–C) groups is 1. The van der Waals surface area contributed by atoms with Gasteiger partial charge in [0.25, 0.3) is 0 Å². The van der Waals surface area contributed by atoms with Crippen LogP contribution in [0.15, 0.2) is 23.2 Å². The lowest BCUT2D eigenvalue weighted by molar-refractivity contribution is 0.287. The van der Waals surface area contributed by atoms with E-state index < -0.39 is 0 Å². The lowest BCUT2D eigenvalue weighted by Gasteiger charge is -2.20. The van der Waals surface area contributed by atoms with Crippen molar-refractivity contribution >= 4 is 5.96 Å². The minimum atomic E-state index is 0.0529. The van der Waals surface area contributed by atoms with Crippen LogP contribution >= 0.6 is 0 Å². The number of hydrogen-bond donors (Lipinski definition) is 2. The van der Waals surface area contributed by atoms with Crippen molar-refractivity contribution in [3.05, 3.63) is 40.7 Å². The molecule has 7 heteroatoms. The molecule has 0 aliphatic rings. The van der Waals surface area contributed by atoms with Crippen molar-refractivity contribution in [2.75, 3.05) is 20.3 Å². The highest BCUT2D eigenvalue weighted by atomic mass is 16.5. The van der Waals surface area contributed by atoms with Gasteiger partial charge in [0.15, 0.2) is 17.5 Å². The Labute approximate surface area is 168 Å². The van der Waals surface area contributed by atoms with Gasteiger partial charge in [-0.05, 0) is 52.3 Å². The highest BCUT2D eigenvalue weighted by molar-refractivity contribution is 5.80. The number of aromatic nitrogens is 2. The normalized spacial score (nSPS) is 12.6. The molecular weight excluding hydrogens is 354 g/mol. The molecule has 0 aliphatic heterocycles. The molecule has 1 aromatic carbocycles. The van der Waals surface area contributed by atoms with Gasteiger partial charge in [0.05, 0.1) is 24.9 Å². The smallest absolute Gasteiger partial charge is 0.191 e. The second-order valence-corrected chi connectivity index (χ2v) is 6.64. The summed E-state index contributed by atoms with van der Waals surface area (Å²) in [7, 11) is 3.73. The minimum absolute atomic E-state index is 0.0529. The van der Waals surface area contributed by atoms with Crippen LogP contribution in [0, 0.1) is 13.8 Å². The maximum absolute atomic E-state index is 5.74. The van der Waals surface area contributed by atoms with E-state index in [1.165, 1.54) is 5.56 Å². The van der Waals surface area contributed by atoms with Crippen LogP contribution in [0.25, 0.3) is 0 Å². The SMILES string of the molecule is CCOc1ccc(C(C)NC(=NC)NCc2c(C)nn(C)c2C)cc1OCC. The second-order valence-electron chi connectivity index (χ2n) is 6.64. The van der Waals surface area contributed by atoms with Crippen molar-refractivity contribution in [1.29, 1.82) is 0 Å². The molecule has 0 bridgehead atoms. The summed E-state index contributed by atoms with van der Waals surface area (Å²) < 4.78 is 13.3. The van der Waals surface area contributed by atoms with Crippen LogP contribution in [-0.2, 0) is 13.6 Å². The summed E-state index contributed by atoms with van der Waals surface area (Å²) in [4.78, 5) is 4.35. The Balaban J connectivity index is 2.07. The Hall–Kier alpha value is -2.70. The van der Waals surface area contributed by atoms with Crippen LogP contribution < -0.4 is 20.1 Å². The zero-order valence-corrected chi connectivity index (χ0v) is 18.1. The summed E-state index contributed by atoms with van der Waals surface area (Å²) in [6.45, 7) is 12.0. The van der Waals surface area contributed by atoms with Crippen LogP contribution in [-0.4, -0.2) is 36.0 Å². The van der Waals surface area contributed by atoms with Crippen molar-refractivity contribution in [2.24, 2.45) is 12.0 Å². The van der Waals surface area contributed by atoms with Gasteiger partial charge in [-0.2, -0.15) is 5.10 Å². The molecule has 1 heterocycles. The topological polar surface area (TPSA) is 72.7 Å². The average Bonchev–Trinajstić information content (AvgIpc) is 2.92. The summed E-state index contributed by atoms with van der Waals surface area (Å²) >= 11 is 0. The van der Waals surface area contributed by atoms with E-state index in [1.54, 1.807) is 7.05 Å². The fourth-order valence-corrected chi connectivity index (χ4v) is 3.07. The lowest BCUT2D eigenvalue weighted by Crippen LogP contribution is -2.38. The molecule has 0 radical (unpaired) electrons. The summed E-state index contributed by atoms with van der Waals surface area (Å²) in [6, 6.07) is 6.08. The van der Waals surface area contributed by atoms with Gasteiger partial charge in [-0.3, -0.25) is 9.67 Å². The number of aryl methyl sites for hydroxylation is 2. The van der Waals surface area contributed by atoms with E-state index >= 15 is 0 Å². The van der Waals surface area contributed by atoms with Crippen molar-refractivity contribution in [3.8, 4) is 11.5 Å². The zero-order chi connectivity index (χ0) is 20.7. The van der Waals surface area contributed by atoms with Crippen molar-refractivity contribution in [1.82, 2.24) is 20.4 Å². The Bertz CT molecular complexity index is 813. The molecule has 154 valence electrons. The Kier molecular flexibility index (Phi) is 7.72. The fourth-order valence-electron chi connectivity index (χ4n) is 3.07. The van der Waals surface area contributed by atoms with Gasteiger partial charge in [-0.25, -0.2) is 0 Å². The van der Waals surface area contributed by atoms with Gasteiger partial charge in [0.1, 0.15) is 0 Å². The monoisotopic (exact) mass is 387 g/mol. The third-order valence-electron chi connectivity index (χ3n) is 4.74. The summed E-state index contributed by atoms with van der Waals surface area (Å²) in [6.07, 6.45) is 0. The molecule has 0 amide bonds. The quantitative estimate of drug-likeness (QED) is 0.537. The van der Waals surface area contributed by atoms with E-state index in [9.17, 15) is 0 Å². The number of guanidine groups is 1. The maximum Gasteiger partial charge on any atom is 0.191 e. The fraction of sp³-hybridized carbons (Fsp3) is 0.524. The average molecular weight is 388 g/mol. The summed E-state index contributed by atoms with van der Waals surface area (Å²) in [5.41, 5.74) is 4.48. The number of ether oxygens (including phenoxy) is 2. The van der Waals surface area contributed by atoms with E-state index in [2.05, 4.69) is 34.6 Å². The molecule has 0 saturated heterocycles. The number of benzene rings is 1. The predicted octanol–water partition coefficient (Wildman–Crippen LogP) is 3.26. The van der Waals surface area contributed by atoms with Crippen molar-refractivity contribution < 1.29 is 9.47 Å². The molecule has 7 nitrogen and oxygen atoms in total. The van der Waals surface area contributed by atoms with Gasteiger partial charge < -0.3 is 20.1 Å². The molecule has 1 atom stereocenters. The van der Waals surface area contributed by atoms with Gasteiger partial charge in [0.2, 0.25) is 0 Å². The second kappa shape index (κ2) is 10.0. The van der Waals surface area contributed by atoms with E-state index in [1.807, 2.05) is 50.7 Å². The highest BCUT2D eigenvalue weighted by Gasteiger charge is 2.14. The van der Waals surface area contributed by atoms with Crippen LogP contribution in [0.1, 0.15) is 49.3 Å². The molecule has 0 aliphatic carbocycles. The van der Waals surface area contributed by atoms with E-state index in [-0.39, 0.29) is 6.04 Å². The van der Waals surface area contributed by atoms with Crippen molar-refractivity contribution in [3.63, 3.8) is 0 Å². The molecule has 2 rings (SSSR count). The Morgan fingerprint density at radius 3 is 2.43 bits per heavy atom. The first-order valence-corrected chi connectivity index (χ1v) is 9.76. The Morgan fingerprint density at radius 2 is 1.86 bits per heavy atom. The molecule has 1 aromatic heterocycles. The van der Waals surface area contributed by atoms with Gasteiger partial charge in [-0.15, -0.1) is 0 Å². The zero-order valence-electron chi connectivity index (χ0n) is 18.1. The first-order valence-electron chi connectivity index (χ1n) is 9.76. The number of hydrogen-bond acceptors (Lipinski definition) is 4. The molecular formula is C21H33N5O2. The lowest BCUT2D eigenvalue weighted by atomic mass is 10.1. The van der Waals surface area contributed by atoms with Crippen LogP contribution in [0.2, 0.25) is 0 Å². The molecule has 0 fully saturated rings. The van der Waals surface area contributed by atoms with Crippen molar-refractivity contribution in [2.45, 2.75) is 47.2 Å². The predicted molar refractivity (Wildman–Crippen MR) is 113 cm³/mol. The van der Waals surface area contributed by atoms with Gasteiger partial charge >= 0.3 is 0 Å². The number of nitrogens with zero attached hydrogens (tertiary/aromatic N) is 3. The number of rotatable bonds is 8. The standard InChI is InChI=1S/C21H33N5O2/c1-8-27-19-11-10-17(12-20(19)28-9-2)14(3)24-21(22-6)23-13-18-15(4)25-26(7)16(18)5/h10-12,14H,8-9,13H2,1-7H3,(H2,22,23,24). The third-order valence-corrected chi connectivity index (χ3v) is 4.74. The summed E-state index contributed by atoms with van der Waals surface area (Å²) in [5, 5.41) is 11.3. The first kappa shape index (κ1) is 21.6. The molecule has 2 aromatic rings. The molecule has 0 saturated carbocycles. The van der Waals surface area contributed by atoms with Gasteiger partial charge in [0, 0.05) is 31.9 Å². The molecule has 1 unspecified atom stereocenters. The summed E-state index contributed by atoms with van der Waals surface area (Å²) in [5.74, 6) is 2.27. The van der Waals surface area contributed by atoms with Gasteiger partial charge in [-0.1, -0.05) is 6.07 Å². The Morgan fingerprint density at radius 1 is 1.18 bits per heavy atom. The van der Waals surface area contributed by atoms with Crippen LogP contribution in [0.3, 0.4) is 0 Å². The maximum atomic E-state index is 5.74. The molecule has 2 N–H and O–H groups in total. The highest BCUT2D eigenvalue weighted by Crippen LogP contribution is 2.30. The molecule has 0 spiro atoms. The third kappa shape index (κ3) is 5.18. The van der Waals surface area contributed by atoms with E-state index in [0.29, 0.717) is 19.8 Å². The van der Waals surface area contributed by atoms with E-state index in [4.69, 9.17) is 9.47 Å². The van der Waals surface area contributed by atoms with Crippen LogP contribution in [0.5, 0.6) is 11.5 Å². The molecule has 28 heavy (non-hydrogen) atoms. The number of nitrogens with one attached hydrogen (secondary N) is 2. The van der Waals surface area contributed by atoms with E-state index in [0.717, 1.165) is 34.4 Å².